The van der Waals surface area contributed by atoms with Gasteiger partial charge in [-0.3, -0.25) is 0 Å². The molecule has 0 amide bonds. The minimum atomic E-state index is 0. The molecule has 0 unspecified atom stereocenters. The van der Waals surface area contributed by atoms with Gasteiger partial charge >= 0.3 is 0 Å². The van der Waals surface area contributed by atoms with Gasteiger partial charge in [0.05, 0.1) is 14.2 Å². The van der Waals surface area contributed by atoms with Gasteiger partial charge in [-0.25, -0.2) is 4.58 Å². The molecule has 0 aliphatic rings. The maximum Gasteiger partial charge on any atom is 0.170 e. The molecule has 1 rings (SSSR count). The summed E-state index contributed by atoms with van der Waals surface area (Å²) in [4.78, 5) is 0. The minimum absolute atomic E-state index is 0. The quantitative estimate of drug-likeness (QED) is 0.460. The van der Waals surface area contributed by atoms with Crippen LogP contribution in [0.5, 0.6) is 11.5 Å². The first-order valence-corrected chi connectivity index (χ1v) is 4.40. The number of rotatable bonds is 3. The summed E-state index contributed by atoms with van der Waals surface area (Å²) >= 11 is 0. The first-order chi connectivity index (χ1) is 6.67. The zero-order valence-corrected chi connectivity index (χ0v) is 10.2. The summed E-state index contributed by atoms with van der Waals surface area (Å²) in [6.45, 7) is 0. The fraction of sp³-hybridized carbons (Fsp3) is 0.364. The van der Waals surface area contributed by atoms with E-state index in [9.17, 15) is 0 Å². The number of benzene rings is 1. The fourth-order valence-electron chi connectivity index (χ4n) is 1.23. The number of halogens is 1. The van der Waals surface area contributed by atoms with Crippen LogP contribution in [0.1, 0.15) is 5.56 Å². The molecule has 0 spiro atoms. The summed E-state index contributed by atoms with van der Waals surface area (Å²) in [5.41, 5.74) is 1.09. The third-order valence-corrected chi connectivity index (χ3v) is 1.81. The van der Waals surface area contributed by atoms with Crippen molar-refractivity contribution in [3.05, 3.63) is 23.8 Å². The number of ether oxygens (including phenoxy) is 2. The molecule has 0 aliphatic heterocycles. The lowest BCUT2D eigenvalue weighted by Crippen LogP contribution is -3.00. The molecule has 0 saturated heterocycles. The van der Waals surface area contributed by atoms with E-state index < -0.39 is 0 Å². The molecule has 1 aromatic carbocycles. The third kappa shape index (κ3) is 3.80. The SMILES string of the molecule is COc1ccc(C=[N+](C)C)cc1OC.[Cl-]. The molecule has 0 aliphatic carbocycles. The van der Waals surface area contributed by atoms with E-state index in [-0.39, 0.29) is 12.4 Å². The standard InChI is InChI=1S/C11H16NO2.ClH/c1-12(2)8-9-5-6-10(13-3)11(7-9)14-4;/h5-8H,1-4H3;1H/q+1;/p-1. The first-order valence-electron chi connectivity index (χ1n) is 4.40. The van der Waals surface area contributed by atoms with Crippen LogP contribution in [0.15, 0.2) is 18.2 Å². The van der Waals surface area contributed by atoms with Gasteiger partial charge in [-0.05, 0) is 18.2 Å². The molecule has 0 heterocycles. The van der Waals surface area contributed by atoms with E-state index in [1.54, 1.807) is 14.2 Å². The summed E-state index contributed by atoms with van der Waals surface area (Å²) in [6, 6.07) is 5.83. The van der Waals surface area contributed by atoms with E-state index in [1.165, 1.54) is 0 Å². The third-order valence-electron chi connectivity index (χ3n) is 1.81. The monoisotopic (exact) mass is 229 g/mol. The van der Waals surface area contributed by atoms with Gasteiger partial charge in [0.15, 0.2) is 17.7 Å². The second kappa shape index (κ2) is 6.30. The first kappa shape index (κ1) is 13.8. The van der Waals surface area contributed by atoms with Crippen molar-refractivity contribution in [2.75, 3.05) is 28.3 Å². The minimum Gasteiger partial charge on any atom is -1.00 e. The Bertz CT molecular complexity index is 346. The van der Waals surface area contributed by atoms with E-state index in [4.69, 9.17) is 9.47 Å². The molecule has 0 N–H and O–H groups in total. The number of methoxy groups -OCH3 is 2. The average Bonchev–Trinajstić information content (AvgIpc) is 2.16. The molecule has 1 aromatic rings. The lowest BCUT2D eigenvalue weighted by molar-refractivity contribution is -0.458. The normalized spacial score (nSPS) is 8.80. The van der Waals surface area contributed by atoms with Gasteiger partial charge in [-0.2, -0.15) is 0 Å². The highest BCUT2D eigenvalue weighted by Gasteiger charge is 2.04. The van der Waals surface area contributed by atoms with Gasteiger partial charge in [0.25, 0.3) is 0 Å². The van der Waals surface area contributed by atoms with Gasteiger partial charge in [0.1, 0.15) is 14.1 Å². The highest BCUT2D eigenvalue weighted by molar-refractivity contribution is 5.77. The second-order valence-corrected chi connectivity index (χ2v) is 3.21. The lowest BCUT2D eigenvalue weighted by Gasteiger charge is -2.06. The van der Waals surface area contributed by atoms with Gasteiger partial charge in [-0.15, -0.1) is 0 Å². The van der Waals surface area contributed by atoms with Crippen molar-refractivity contribution in [1.29, 1.82) is 0 Å². The predicted octanol–water partition coefficient (Wildman–Crippen LogP) is -1.60. The van der Waals surface area contributed by atoms with Crippen molar-refractivity contribution in [2.24, 2.45) is 0 Å². The summed E-state index contributed by atoms with van der Waals surface area (Å²) < 4.78 is 12.3. The van der Waals surface area contributed by atoms with Crippen LogP contribution in [-0.2, 0) is 0 Å². The molecule has 15 heavy (non-hydrogen) atoms. The topological polar surface area (TPSA) is 21.5 Å². The van der Waals surface area contributed by atoms with Gasteiger partial charge in [0.2, 0.25) is 0 Å². The molecule has 0 radical (unpaired) electrons. The Labute approximate surface area is 96.7 Å². The van der Waals surface area contributed by atoms with Crippen LogP contribution >= 0.6 is 0 Å². The van der Waals surface area contributed by atoms with Crippen LogP contribution < -0.4 is 21.9 Å². The maximum atomic E-state index is 5.19. The van der Waals surface area contributed by atoms with Crippen molar-refractivity contribution in [2.45, 2.75) is 0 Å². The van der Waals surface area contributed by atoms with Crippen LogP contribution in [0, 0.1) is 0 Å². The largest absolute Gasteiger partial charge is 1.00 e. The molecule has 0 aromatic heterocycles. The van der Waals surface area contributed by atoms with Crippen molar-refractivity contribution in [3.8, 4) is 11.5 Å². The van der Waals surface area contributed by atoms with E-state index in [0.29, 0.717) is 0 Å². The van der Waals surface area contributed by atoms with Crippen molar-refractivity contribution < 1.29 is 26.5 Å². The zero-order valence-electron chi connectivity index (χ0n) is 9.45. The molecule has 0 atom stereocenters. The smallest absolute Gasteiger partial charge is 0.170 e. The maximum absolute atomic E-state index is 5.19. The summed E-state index contributed by atoms with van der Waals surface area (Å²) in [6.07, 6.45) is 2.02. The van der Waals surface area contributed by atoms with Crippen molar-refractivity contribution >= 4 is 6.21 Å². The van der Waals surface area contributed by atoms with Crippen molar-refractivity contribution in [3.63, 3.8) is 0 Å². The number of hydrogen-bond acceptors (Lipinski definition) is 2. The highest BCUT2D eigenvalue weighted by atomic mass is 35.5. The predicted molar refractivity (Wildman–Crippen MR) is 56.8 cm³/mol. The zero-order chi connectivity index (χ0) is 10.6. The number of nitrogens with zero attached hydrogens (tertiary/aromatic N) is 1. The van der Waals surface area contributed by atoms with E-state index in [2.05, 4.69) is 0 Å². The van der Waals surface area contributed by atoms with Gasteiger partial charge < -0.3 is 21.9 Å². The molecule has 4 heteroatoms. The van der Waals surface area contributed by atoms with E-state index in [1.807, 2.05) is 43.1 Å². The Morgan fingerprint density at radius 2 is 1.67 bits per heavy atom. The Morgan fingerprint density at radius 1 is 1.07 bits per heavy atom. The highest BCUT2D eigenvalue weighted by Crippen LogP contribution is 2.26. The average molecular weight is 230 g/mol. The van der Waals surface area contributed by atoms with Crippen LogP contribution in [0.25, 0.3) is 0 Å². The van der Waals surface area contributed by atoms with Crippen LogP contribution in [0.3, 0.4) is 0 Å². The Hall–Kier alpha value is -1.22. The summed E-state index contributed by atoms with van der Waals surface area (Å²) in [5, 5.41) is 0. The Balaban J connectivity index is 0.00000196. The van der Waals surface area contributed by atoms with Crippen molar-refractivity contribution in [1.82, 2.24) is 0 Å². The molecular formula is C11H16ClNO2. The molecule has 3 nitrogen and oxygen atoms in total. The van der Waals surface area contributed by atoms with E-state index >= 15 is 0 Å². The summed E-state index contributed by atoms with van der Waals surface area (Å²) in [5.74, 6) is 1.51. The van der Waals surface area contributed by atoms with Crippen LogP contribution in [0.4, 0.5) is 0 Å². The molecule has 84 valence electrons. The fourth-order valence-corrected chi connectivity index (χ4v) is 1.23. The van der Waals surface area contributed by atoms with E-state index in [0.717, 1.165) is 17.1 Å². The van der Waals surface area contributed by atoms with Gasteiger partial charge in [-0.1, -0.05) is 0 Å². The molecular weight excluding hydrogens is 214 g/mol. The van der Waals surface area contributed by atoms with Crippen LogP contribution in [0.2, 0.25) is 0 Å². The summed E-state index contributed by atoms with van der Waals surface area (Å²) in [7, 11) is 7.23. The molecule has 0 fully saturated rings. The second-order valence-electron chi connectivity index (χ2n) is 3.21. The Kier molecular flexibility index (Phi) is 5.79. The van der Waals surface area contributed by atoms with Crippen LogP contribution in [-0.4, -0.2) is 39.1 Å². The lowest BCUT2D eigenvalue weighted by atomic mass is 10.2. The molecule has 0 saturated carbocycles. The Morgan fingerprint density at radius 3 is 2.13 bits per heavy atom. The molecule has 0 bridgehead atoms. The van der Waals surface area contributed by atoms with Gasteiger partial charge in [0, 0.05) is 5.56 Å². The number of hydrogen-bond donors (Lipinski definition) is 0.